The summed E-state index contributed by atoms with van der Waals surface area (Å²) < 4.78 is 10.8. The molecule has 2 atom stereocenters. The molecule has 48 valence electrons. The van der Waals surface area contributed by atoms with Crippen LogP contribution in [0.2, 0.25) is 0 Å². The fraction of sp³-hybridized carbons (Fsp3) is 1.00. The van der Waals surface area contributed by atoms with Crippen molar-refractivity contribution in [1.82, 2.24) is 0 Å². The van der Waals surface area contributed by atoms with Crippen molar-refractivity contribution < 1.29 is 4.55 Å². The Labute approximate surface area is 53.7 Å². The molecule has 1 unspecified atom stereocenters. The predicted octanol–water partition coefficient (Wildman–Crippen LogP) is 1.17. The van der Waals surface area contributed by atoms with Crippen LogP contribution in [-0.2, 0) is 11.2 Å². The highest BCUT2D eigenvalue weighted by Crippen LogP contribution is 2.16. The van der Waals surface area contributed by atoms with E-state index in [-0.39, 0.29) is 0 Å². The van der Waals surface area contributed by atoms with E-state index in [2.05, 4.69) is 6.92 Å². The van der Waals surface area contributed by atoms with Crippen molar-refractivity contribution in [3.05, 3.63) is 0 Å². The zero-order chi connectivity index (χ0) is 5.98. The molecule has 0 radical (unpaired) electrons. The normalized spacial score (nSPS) is 39.8. The highest BCUT2D eigenvalue weighted by molar-refractivity contribution is 7.91. The third kappa shape index (κ3) is 1.67. The van der Waals surface area contributed by atoms with Crippen LogP contribution in [0.25, 0.3) is 0 Å². The molecular formula is C6H12OS. The molecule has 0 aromatic carbocycles. The van der Waals surface area contributed by atoms with E-state index in [4.69, 9.17) is 0 Å². The van der Waals surface area contributed by atoms with E-state index in [1.807, 2.05) is 0 Å². The fourth-order valence-electron chi connectivity index (χ4n) is 1.08. The van der Waals surface area contributed by atoms with Gasteiger partial charge >= 0.3 is 0 Å². The molecule has 1 nitrogen and oxygen atoms in total. The molecule has 0 aromatic heterocycles. The molecule has 2 heteroatoms. The second-order valence-corrected chi connectivity index (χ2v) is 4.18. The summed E-state index contributed by atoms with van der Waals surface area (Å²) in [5.74, 6) is 2.61. The maximum atomic E-state index is 10.8. The van der Waals surface area contributed by atoms with Crippen LogP contribution in [0.4, 0.5) is 0 Å². The van der Waals surface area contributed by atoms with E-state index in [0.717, 1.165) is 11.5 Å². The average molecular weight is 132 g/mol. The summed E-state index contributed by atoms with van der Waals surface area (Å²) in [6.45, 7) is 2.18. The first kappa shape index (κ1) is 6.43. The summed E-state index contributed by atoms with van der Waals surface area (Å²) in [4.78, 5) is 0. The molecule has 0 aromatic rings. The Bertz CT molecular complexity index is 66.9. The minimum Gasteiger partial charge on any atom is -0.616 e. The molecule has 1 aliphatic heterocycles. The minimum absolute atomic E-state index is 0.470. The van der Waals surface area contributed by atoms with E-state index < -0.39 is 11.2 Å². The van der Waals surface area contributed by atoms with Gasteiger partial charge in [0.05, 0.1) is 0 Å². The van der Waals surface area contributed by atoms with Crippen LogP contribution in [-0.4, -0.2) is 16.1 Å². The quantitative estimate of drug-likeness (QED) is 0.454. The Morgan fingerprint density at radius 3 is 2.75 bits per heavy atom. The van der Waals surface area contributed by atoms with Crippen molar-refractivity contribution in [2.45, 2.75) is 19.8 Å². The Balaban J connectivity index is 2.23. The predicted molar refractivity (Wildman–Crippen MR) is 36.3 cm³/mol. The SMILES string of the molecule is CC1CCC[S@@+]([O-])C1. The molecule has 1 fully saturated rings. The van der Waals surface area contributed by atoms with Crippen LogP contribution in [0, 0.1) is 5.92 Å². The molecule has 1 heterocycles. The van der Waals surface area contributed by atoms with Gasteiger partial charge in [0.15, 0.2) is 0 Å². The highest BCUT2D eigenvalue weighted by atomic mass is 32.2. The summed E-state index contributed by atoms with van der Waals surface area (Å²) in [7, 11) is 0. The maximum absolute atomic E-state index is 10.8. The molecule has 0 spiro atoms. The van der Waals surface area contributed by atoms with Gasteiger partial charge in [-0.05, 0) is 12.8 Å². The molecule has 1 rings (SSSR count). The maximum Gasteiger partial charge on any atom is 0.108 e. The van der Waals surface area contributed by atoms with Crippen LogP contribution >= 0.6 is 0 Å². The van der Waals surface area contributed by atoms with E-state index in [1.165, 1.54) is 12.8 Å². The van der Waals surface area contributed by atoms with Crippen LogP contribution in [0.5, 0.6) is 0 Å². The summed E-state index contributed by atoms with van der Waals surface area (Å²) in [6.07, 6.45) is 2.46. The molecule has 0 N–H and O–H groups in total. The van der Waals surface area contributed by atoms with Gasteiger partial charge in [-0.2, -0.15) is 0 Å². The Kier molecular flexibility index (Phi) is 2.20. The van der Waals surface area contributed by atoms with Gasteiger partial charge in [0.2, 0.25) is 0 Å². The van der Waals surface area contributed by atoms with Gasteiger partial charge in [-0.25, -0.2) is 0 Å². The van der Waals surface area contributed by atoms with Crippen molar-refractivity contribution in [3.8, 4) is 0 Å². The molecule has 0 bridgehead atoms. The minimum atomic E-state index is -0.470. The highest BCUT2D eigenvalue weighted by Gasteiger charge is 2.17. The van der Waals surface area contributed by atoms with E-state index in [9.17, 15) is 4.55 Å². The molecular weight excluding hydrogens is 120 g/mol. The van der Waals surface area contributed by atoms with E-state index in [0.29, 0.717) is 5.92 Å². The number of hydrogen-bond acceptors (Lipinski definition) is 1. The van der Waals surface area contributed by atoms with Crippen LogP contribution in [0.3, 0.4) is 0 Å². The average Bonchev–Trinajstić information content (AvgIpc) is 1.64. The van der Waals surface area contributed by atoms with Gasteiger partial charge in [0.25, 0.3) is 0 Å². The van der Waals surface area contributed by atoms with Gasteiger partial charge in [-0.3, -0.25) is 0 Å². The van der Waals surface area contributed by atoms with Gasteiger partial charge in [-0.1, -0.05) is 18.1 Å². The Morgan fingerprint density at radius 1 is 1.62 bits per heavy atom. The second kappa shape index (κ2) is 2.74. The van der Waals surface area contributed by atoms with Crippen molar-refractivity contribution in [2.75, 3.05) is 11.5 Å². The summed E-state index contributed by atoms with van der Waals surface area (Å²) >= 11 is -0.470. The lowest BCUT2D eigenvalue weighted by Crippen LogP contribution is -2.22. The standard InChI is InChI=1S/C6H12OS/c1-6-3-2-4-8(7)5-6/h6H,2-5H2,1H3/t6?,8-/m1/s1. The van der Waals surface area contributed by atoms with Gasteiger partial charge in [0.1, 0.15) is 11.5 Å². The topological polar surface area (TPSA) is 23.1 Å². The largest absolute Gasteiger partial charge is 0.616 e. The van der Waals surface area contributed by atoms with Crippen LogP contribution in [0.15, 0.2) is 0 Å². The van der Waals surface area contributed by atoms with Crippen molar-refractivity contribution in [3.63, 3.8) is 0 Å². The van der Waals surface area contributed by atoms with Gasteiger partial charge < -0.3 is 4.55 Å². The summed E-state index contributed by atoms with van der Waals surface area (Å²) in [5, 5.41) is 0. The lowest BCUT2D eigenvalue weighted by molar-refractivity contribution is 0.515. The number of hydrogen-bond donors (Lipinski definition) is 0. The first-order valence-corrected chi connectivity index (χ1v) is 4.63. The van der Waals surface area contributed by atoms with Gasteiger partial charge in [0, 0.05) is 5.92 Å². The monoisotopic (exact) mass is 132 g/mol. The lowest BCUT2D eigenvalue weighted by Gasteiger charge is -2.20. The first-order chi connectivity index (χ1) is 3.79. The third-order valence-corrected chi connectivity index (χ3v) is 3.22. The van der Waals surface area contributed by atoms with Crippen molar-refractivity contribution in [2.24, 2.45) is 5.92 Å². The van der Waals surface area contributed by atoms with Crippen molar-refractivity contribution in [1.29, 1.82) is 0 Å². The van der Waals surface area contributed by atoms with Crippen LogP contribution < -0.4 is 0 Å². The van der Waals surface area contributed by atoms with Crippen molar-refractivity contribution >= 4 is 11.2 Å². The lowest BCUT2D eigenvalue weighted by atomic mass is 10.1. The molecule has 8 heavy (non-hydrogen) atoms. The molecule has 0 amide bonds. The van der Waals surface area contributed by atoms with E-state index >= 15 is 0 Å². The Hall–Kier alpha value is 0.310. The fourth-order valence-corrected chi connectivity index (χ4v) is 2.53. The molecule has 0 aliphatic carbocycles. The second-order valence-electron chi connectivity index (χ2n) is 2.56. The first-order valence-electron chi connectivity index (χ1n) is 3.14. The van der Waals surface area contributed by atoms with Crippen LogP contribution in [0.1, 0.15) is 19.8 Å². The zero-order valence-corrected chi connectivity index (χ0v) is 6.04. The third-order valence-electron chi connectivity index (χ3n) is 1.54. The molecule has 1 saturated heterocycles. The molecule has 1 aliphatic rings. The van der Waals surface area contributed by atoms with E-state index in [1.54, 1.807) is 0 Å². The zero-order valence-electron chi connectivity index (χ0n) is 5.22. The smallest absolute Gasteiger partial charge is 0.108 e. The number of rotatable bonds is 0. The summed E-state index contributed by atoms with van der Waals surface area (Å²) in [6, 6.07) is 0. The summed E-state index contributed by atoms with van der Waals surface area (Å²) in [5.41, 5.74) is 0. The molecule has 0 saturated carbocycles. The van der Waals surface area contributed by atoms with Gasteiger partial charge in [-0.15, -0.1) is 0 Å². The Morgan fingerprint density at radius 2 is 2.38 bits per heavy atom.